The number of hydrogen-bond acceptors (Lipinski definition) is 6. The number of aromatic nitrogens is 5. The highest BCUT2D eigenvalue weighted by Crippen LogP contribution is 2.41. The Bertz CT molecular complexity index is 2160. The highest BCUT2D eigenvalue weighted by Gasteiger charge is 2.39. The van der Waals surface area contributed by atoms with E-state index in [-0.39, 0.29) is 11.8 Å². The van der Waals surface area contributed by atoms with Crippen molar-refractivity contribution in [1.82, 2.24) is 24.5 Å². The second-order valence-corrected chi connectivity index (χ2v) is 12.5. The van der Waals surface area contributed by atoms with Crippen molar-refractivity contribution in [2.45, 2.75) is 38.0 Å². The van der Waals surface area contributed by atoms with Crippen molar-refractivity contribution in [2.24, 2.45) is 0 Å². The minimum absolute atomic E-state index is 0.0993. The van der Waals surface area contributed by atoms with E-state index < -0.39 is 11.5 Å². The van der Waals surface area contributed by atoms with E-state index in [0.29, 0.717) is 23.7 Å². The van der Waals surface area contributed by atoms with Gasteiger partial charge in [0.05, 0.1) is 11.5 Å². The molecule has 1 unspecified atom stereocenters. The van der Waals surface area contributed by atoms with Crippen LogP contribution in [0.2, 0.25) is 0 Å². The lowest BCUT2D eigenvalue weighted by atomic mass is 9.77. The Morgan fingerprint density at radius 1 is 0.796 bits per heavy atom. The van der Waals surface area contributed by atoms with Crippen molar-refractivity contribution in [3.63, 3.8) is 0 Å². The van der Waals surface area contributed by atoms with E-state index in [2.05, 4.69) is 36.4 Å². The molecule has 1 saturated heterocycles. The monoisotopic (exact) mass is 644 g/mol. The third kappa shape index (κ3) is 5.21. The molecule has 5 aromatic carbocycles. The Labute approximate surface area is 284 Å². The fourth-order valence-electron chi connectivity index (χ4n) is 7.24. The van der Waals surface area contributed by atoms with Crippen molar-refractivity contribution in [3.05, 3.63) is 162 Å². The standard InChI is InChI=1S/C41H35N5O3/c1-28-14-13-21-33(40(47)48)37(28)38-34-26-29(23-24-35(34)46(43-38)36-22-11-12-25-49-36)39-42-27-45(44-39)41(30-15-5-2-6-16-30,31-17-7-3-8-18-31)32-19-9-4-10-20-32/h2-10,13-21,23-24,26-27,36H,11-12,22,25H2,1H3,(H,47,48)/p-1. The third-order valence-electron chi connectivity index (χ3n) is 9.53. The third-order valence-corrected chi connectivity index (χ3v) is 9.53. The van der Waals surface area contributed by atoms with Crippen molar-refractivity contribution in [2.75, 3.05) is 6.61 Å². The van der Waals surface area contributed by atoms with Gasteiger partial charge in [0.2, 0.25) is 0 Å². The fraction of sp³-hybridized carbons (Fsp3) is 0.171. The number of nitrogens with zero attached hydrogens (tertiary/aromatic N) is 5. The zero-order chi connectivity index (χ0) is 33.4. The first-order valence-corrected chi connectivity index (χ1v) is 16.6. The average molecular weight is 645 g/mol. The van der Waals surface area contributed by atoms with Crippen LogP contribution in [0.4, 0.5) is 0 Å². The summed E-state index contributed by atoms with van der Waals surface area (Å²) in [6, 6.07) is 42.3. The van der Waals surface area contributed by atoms with Crippen LogP contribution < -0.4 is 5.11 Å². The molecule has 1 aliphatic rings. The maximum Gasteiger partial charge on any atom is 0.181 e. The quantitative estimate of drug-likeness (QED) is 0.163. The molecule has 0 aliphatic carbocycles. The summed E-state index contributed by atoms with van der Waals surface area (Å²) >= 11 is 0. The van der Waals surface area contributed by atoms with Crippen LogP contribution in [-0.2, 0) is 10.3 Å². The van der Waals surface area contributed by atoms with E-state index >= 15 is 0 Å². The number of carboxylic acids is 1. The van der Waals surface area contributed by atoms with Gasteiger partial charge in [-0.2, -0.15) is 5.10 Å². The van der Waals surface area contributed by atoms with E-state index in [1.807, 2.05) is 95.2 Å². The minimum Gasteiger partial charge on any atom is -0.545 e. The Morgan fingerprint density at radius 3 is 2.04 bits per heavy atom. The summed E-state index contributed by atoms with van der Waals surface area (Å²) in [5, 5.41) is 23.4. The summed E-state index contributed by atoms with van der Waals surface area (Å²) in [6.07, 6.45) is 4.41. The number of ether oxygens (including phenoxy) is 1. The number of carbonyl (C=O) groups excluding carboxylic acids is 1. The summed E-state index contributed by atoms with van der Waals surface area (Å²) < 4.78 is 10.0. The van der Waals surface area contributed by atoms with Crippen molar-refractivity contribution < 1.29 is 14.6 Å². The van der Waals surface area contributed by atoms with E-state index in [4.69, 9.17) is 19.9 Å². The highest BCUT2D eigenvalue weighted by atomic mass is 16.5. The van der Waals surface area contributed by atoms with Crippen molar-refractivity contribution in [1.29, 1.82) is 0 Å². The molecule has 2 aromatic heterocycles. The number of rotatable bonds is 8. The van der Waals surface area contributed by atoms with Crippen LogP contribution in [0.25, 0.3) is 33.5 Å². The summed E-state index contributed by atoms with van der Waals surface area (Å²) in [5.41, 5.74) is 5.96. The van der Waals surface area contributed by atoms with Crippen molar-refractivity contribution in [3.8, 4) is 22.6 Å². The number of carbonyl (C=O) groups is 1. The van der Waals surface area contributed by atoms with Crippen molar-refractivity contribution >= 4 is 16.9 Å². The number of benzene rings is 5. The number of carboxylic acid groups (broad SMARTS) is 1. The fourth-order valence-corrected chi connectivity index (χ4v) is 7.24. The van der Waals surface area contributed by atoms with E-state index in [1.165, 1.54) is 0 Å². The smallest absolute Gasteiger partial charge is 0.181 e. The Balaban J connectivity index is 1.34. The van der Waals surface area contributed by atoms with Crippen LogP contribution in [0, 0.1) is 6.92 Å². The largest absolute Gasteiger partial charge is 0.545 e. The first kappa shape index (κ1) is 30.5. The Morgan fingerprint density at radius 2 is 1.45 bits per heavy atom. The summed E-state index contributed by atoms with van der Waals surface area (Å²) in [7, 11) is 0. The van der Waals surface area contributed by atoms with Crippen LogP contribution in [0.3, 0.4) is 0 Å². The van der Waals surface area contributed by atoms with E-state index in [0.717, 1.165) is 58.0 Å². The topological polar surface area (TPSA) is 97.9 Å². The first-order chi connectivity index (χ1) is 24.1. The van der Waals surface area contributed by atoms with Gasteiger partial charge in [0, 0.05) is 28.7 Å². The molecule has 0 radical (unpaired) electrons. The predicted octanol–water partition coefficient (Wildman–Crippen LogP) is 7.17. The zero-order valence-corrected chi connectivity index (χ0v) is 27.1. The minimum atomic E-state index is -1.24. The Hall–Kier alpha value is -5.86. The number of hydrogen-bond donors (Lipinski definition) is 0. The average Bonchev–Trinajstić information content (AvgIpc) is 3.79. The SMILES string of the molecule is Cc1cccc(C(=O)[O-])c1-c1nn(C2CCCCO2)c2ccc(-c3ncn(C(c4ccccc4)(c4ccccc4)c4ccccc4)n3)cc12. The molecule has 49 heavy (non-hydrogen) atoms. The van der Waals surface area contributed by atoms with Crippen LogP contribution in [0.5, 0.6) is 0 Å². The van der Waals surface area contributed by atoms with Gasteiger partial charge in [-0.3, -0.25) is 0 Å². The summed E-state index contributed by atoms with van der Waals surface area (Å²) in [4.78, 5) is 17.2. The van der Waals surface area contributed by atoms with E-state index in [9.17, 15) is 9.90 Å². The highest BCUT2D eigenvalue weighted by molar-refractivity contribution is 6.03. The maximum atomic E-state index is 12.3. The number of aromatic carboxylic acids is 1. The Kier molecular flexibility index (Phi) is 7.86. The van der Waals surface area contributed by atoms with Gasteiger partial charge in [0.25, 0.3) is 0 Å². The van der Waals surface area contributed by atoms with Gasteiger partial charge >= 0.3 is 0 Å². The molecule has 7 aromatic rings. The van der Waals surface area contributed by atoms with Gasteiger partial charge in [0.15, 0.2) is 12.1 Å². The molecule has 1 fully saturated rings. The molecule has 8 rings (SSSR count). The normalized spacial score (nSPS) is 15.0. The van der Waals surface area contributed by atoms with Crippen LogP contribution in [0.15, 0.2) is 134 Å². The van der Waals surface area contributed by atoms with Gasteiger partial charge in [0.1, 0.15) is 17.6 Å². The summed E-state index contributed by atoms with van der Waals surface area (Å²) in [5.74, 6) is -0.711. The molecule has 3 heterocycles. The molecule has 0 saturated carbocycles. The molecule has 1 atom stereocenters. The van der Waals surface area contributed by atoms with Gasteiger partial charge < -0.3 is 14.6 Å². The molecule has 0 bridgehead atoms. The number of aryl methyl sites for hydroxylation is 1. The molecule has 0 spiro atoms. The zero-order valence-electron chi connectivity index (χ0n) is 27.1. The molecular weight excluding hydrogens is 610 g/mol. The van der Waals surface area contributed by atoms with Crippen LogP contribution >= 0.6 is 0 Å². The van der Waals surface area contributed by atoms with Gasteiger partial charge in [-0.1, -0.05) is 109 Å². The van der Waals surface area contributed by atoms with Gasteiger partial charge in [-0.25, -0.2) is 14.3 Å². The maximum absolute atomic E-state index is 12.3. The lowest BCUT2D eigenvalue weighted by molar-refractivity contribution is -0.254. The molecule has 8 heteroatoms. The second-order valence-electron chi connectivity index (χ2n) is 12.5. The second kappa shape index (κ2) is 12.6. The van der Waals surface area contributed by atoms with Gasteiger partial charge in [-0.05, 0) is 66.6 Å². The van der Waals surface area contributed by atoms with Gasteiger partial charge in [-0.15, -0.1) is 5.10 Å². The van der Waals surface area contributed by atoms with E-state index in [1.54, 1.807) is 18.5 Å². The van der Waals surface area contributed by atoms with Crippen LogP contribution in [0.1, 0.15) is 58.1 Å². The molecule has 242 valence electrons. The lowest BCUT2D eigenvalue weighted by Gasteiger charge is -2.35. The van der Waals surface area contributed by atoms with Crippen LogP contribution in [-0.4, -0.2) is 37.1 Å². The predicted molar refractivity (Wildman–Crippen MR) is 187 cm³/mol. The lowest BCUT2D eigenvalue weighted by Crippen LogP contribution is -2.38. The molecular formula is C41H34N5O3-. The molecule has 8 nitrogen and oxygen atoms in total. The summed E-state index contributed by atoms with van der Waals surface area (Å²) in [6.45, 7) is 2.55. The molecule has 1 aliphatic heterocycles. The number of fused-ring (bicyclic) bond motifs is 1. The first-order valence-electron chi connectivity index (χ1n) is 16.6. The molecule has 0 amide bonds. The molecule has 0 N–H and O–H groups in total.